The van der Waals surface area contributed by atoms with E-state index in [2.05, 4.69) is 13.4 Å². The van der Waals surface area contributed by atoms with Gasteiger partial charge in [0, 0.05) is 12.3 Å². The number of aromatic nitrogens is 2. The summed E-state index contributed by atoms with van der Waals surface area (Å²) in [6, 6.07) is 0.983. The molecule has 2 heterocycles. The van der Waals surface area contributed by atoms with Crippen LogP contribution in [0.15, 0.2) is 21.9 Å². The number of aliphatic hydroxyl groups is 2. The molecule has 1 aromatic rings. The van der Waals surface area contributed by atoms with Gasteiger partial charge in [-0.2, -0.15) is 4.31 Å². The first-order valence-corrected chi connectivity index (χ1v) is 10.8. The van der Waals surface area contributed by atoms with Crippen molar-refractivity contribution in [1.29, 1.82) is 0 Å². The van der Waals surface area contributed by atoms with E-state index in [1.165, 1.54) is 13.8 Å². The van der Waals surface area contributed by atoms with Crippen LogP contribution in [0, 0.1) is 0 Å². The lowest BCUT2D eigenvalue weighted by Crippen LogP contribution is -2.37. The fourth-order valence-corrected chi connectivity index (χ4v) is 4.59. The third kappa shape index (κ3) is 5.91. The van der Waals surface area contributed by atoms with Gasteiger partial charge in [-0.1, -0.05) is 0 Å². The fraction of sp³-hybridized carbons (Fsp3) is 0.667. The maximum atomic E-state index is 11.8. The van der Waals surface area contributed by atoms with E-state index in [1.54, 1.807) is 0 Å². The minimum atomic E-state index is -5.10. The first-order chi connectivity index (χ1) is 12.8. The maximum absolute atomic E-state index is 11.8. The lowest BCUT2D eigenvalue weighted by Gasteiger charge is -2.20. The van der Waals surface area contributed by atoms with Crippen LogP contribution in [0.4, 0.5) is 0 Å². The molecular weight excluding hydrogens is 426 g/mol. The van der Waals surface area contributed by atoms with Crippen LogP contribution in [-0.2, 0) is 27.2 Å². The predicted octanol–water partition coefficient (Wildman–Crippen LogP) is -1.19. The first kappa shape index (κ1) is 23.1. The van der Waals surface area contributed by atoms with Crippen LogP contribution >= 0.6 is 15.6 Å². The molecule has 0 saturated carbocycles. The number of H-pyrrole nitrogens is 1. The van der Waals surface area contributed by atoms with Gasteiger partial charge in [0.05, 0.1) is 12.7 Å². The van der Waals surface area contributed by atoms with Crippen molar-refractivity contribution in [3.63, 3.8) is 0 Å². The molecular formula is C12H20N2O12P2. The van der Waals surface area contributed by atoms with Gasteiger partial charge in [-0.05, 0) is 13.8 Å². The number of aromatic amines is 1. The molecule has 0 spiro atoms. The first-order valence-electron chi connectivity index (χ1n) is 7.84. The lowest BCUT2D eigenvalue weighted by atomic mass is 10.1. The molecule has 16 heteroatoms. The molecule has 1 aliphatic heterocycles. The highest BCUT2D eigenvalue weighted by Crippen LogP contribution is 2.61. The summed E-state index contributed by atoms with van der Waals surface area (Å²) < 4.78 is 42.5. The van der Waals surface area contributed by atoms with Crippen molar-refractivity contribution in [3.05, 3.63) is 33.1 Å². The molecule has 1 aromatic heterocycles. The van der Waals surface area contributed by atoms with E-state index in [1.807, 2.05) is 4.98 Å². The Hall–Kier alpha value is -1.18. The number of rotatable bonds is 8. The summed E-state index contributed by atoms with van der Waals surface area (Å²) in [5, 5.41) is 20.0. The molecule has 1 fully saturated rings. The summed E-state index contributed by atoms with van der Waals surface area (Å²) in [6.07, 6.45) is -5.91. The predicted molar refractivity (Wildman–Crippen MR) is 90.2 cm³/mol. The summed E-state index contributed by atoms with van der Waals surface area (Å²) in [5.74, 6) is 0. The second kappa shape index (κ2) is 8.67. The fourth-order valence-electron chi connectivity index (χ4n) is 2.33. The molecule has 2 unspecified atom stereocenters. The van der Waals surface area contributed by atoms with E-state index in [0.717, 1.165) is 16.8 Å². The average Bonchev–Trinajstić information content (AvgIpc) is 2.79. The van der Waals surface area contributed by atoms with Crippen LogP contribution in [0.25, 0.3) is 0 Å². The third-order valence-electron chi connectivity index (χ3n) is 3.41. The molecule has 6 atom stereocenters. The van der Waals surface area contributed by atoms with Crippen LogP contribution in [0.5, 0.6) is 0 Å². The zero-order chi connectivity index (χ0) is 21.3. The number of phosphoric ester groups is 2. The molecule has 5 N–H and O–H groups in total. The van der Waals surface area contributed by atoms with Crippen molar-refractivity contribution >= 4 is 15.6 Å². The second-order valence-electron chi connectivity index (χ2n) is 6.03. The van der Waals surface area contributed by atoms with Gasteiger partial charge in [-0.15, -0.1) is 0 Å². The van der Waals surface area contributed by atoms with E-state index >= 15 is 0 Å². The van der Waals surface area contributed by atoms with Gasteiger partial charge in [0.1, 0.15) is 18.3 Å². The quantitative estimate of drug-likeness (QED) is 0.299. The van der Waals surface area contributed by atoms with E-state index in [9.17, 15) is 38.7 Å². The summed E-state index contributed by atoms with van der Waals surface area (Å²) in [4.78, 5) is 43.7. The molecule has 1 aliphatic rings. The van der Waals surface area contributed by atoms with E-state index in [-0.39, 0.29) is 0 Å². The molecule has 160 valence electrons. The molecule has 28 heavy (non-hydrogen) atoms. The number of nitrogens with zero attached hydrogens (tertiary/aromatic N) is 1. The SMILES string of the molecule is CC(C)OP(=O)(O)OP(=O)(O)OC[C@H]1O[C@@H](n2ccc(=O)[nH]c2=O)[C@@H](O)[C@H]1O. The summed E-state index contributed by atoms with van der Waals surface area (Å²) in [7, 11) is -10.0. The van der Waals surface area contributed by atoms with Gasteiger partial charge < -0.3 is 24.7 Å². The molecule has 0 bridgehead atoms. The minimum Gasteiger partial charge on any atom is -0.387 e. The normalized spacial score (nSPS) is 29.5. The topological polar surface area (TPSA) is 207 Å². The Kier molecular flexibility index (Phi) is 7.16. The minimum absolute atomic E-state index is 0.690. The highest BCUT2D eigenvalue weighted by molar-refractivity contribution is 7.61. The van der Waals surface area contributed by atoms with E-state index in [0.29, 0.717) is 0 Å². The van der Waals surface area contributed by atoms with Gasteiger partial charge >= 0.3 is 21.3 Å². The van der Waals surface area contributed by atoms with Gasteiger partial charge in [-0.25, -0.2) is 13.9 Å². The van der Waals surface area contributed by atoms with Crippen molar-refractivity contribution in [2.24, 2.45) is 0 Å². The molecule has 1 saturated heterocycles. The monoisotopic (exact) mass is 446 g/mol. The number of ether oxygens (including phenoxy) is 1. The smallest absolute Gasteiger partial charge is 0.387 e. The van der Waals surface area contributed by atoms with E-state index < -0.39 is 64.1 Å². The third-order valence-corrected chi connectivity index (χ3v) is 6.23. The summed E-state index contributed by atoms with van der Waals surface area (Å²) in [6.45, 7) is 1.93. The zero-order valence-electron chi connectivity index (χ0n) is 14.6. The lowest BCUT2D eigenvalue weighted by molar-refractivity contribution is -0.0543. The Bertz CT molecular complexity index is 897. The second-order valence-corrected chi connectivity index (χ2v) is 9.03. The number of hydrogen-bond donors (Lipinski definition) is 5. The van der Waals surface area contributed by atoms with Crippen molar-refractivity contribution in [2.45, 2.75) is 44.5 Å². The Morgan fingerprint density at radius 1 is 1.21 bits per heavy atom. The number of hydrogen-bond acceptors (Lipinski definition) is 10. The van der Waals surface area contributed by atoms with Gasteiger partial charge in [-0.3, -0.25) is 23.4 Å². The van der Waals surface area contributed by atoms with Crippen molar-refractivity contribution < 1.29 is 47.2 Å². The Morgan fingerprint density at radius 2 is 1.86 bits per heavy atom. The van der Waals surface area contributed by atoms with Gasteiger partial charge in [0.2, 0.25) is 0 Å². The van der Waals surface area contributed by atoms with Crippen LogP contribution in [0.1, 0.15) is 20.1 Å². The van der Waals surface area contributed by atoms with Crippen LogP contribution in [0.2, 0.25) is 0 Å². The Balaban J connectivity index is 2.05. The summed E-state index contributed by atoms with van der Waals surface area (Å²) in [5.41, 5.74) is -1.61. The van der Waals surface area contributed by atoms with Crippen LogP contribution < -0.4 is 11.2 Å². The Morgan fingerprint density at radius 3 is 2.43 bits per heavy atom. The molecule has 2 rings (SSSR count). The van der Waals surface area contributed by atoms with Crippen molar-refractivity contribution in [1.82, 2.24) is 9.55 Å². The standard InChI is InChI=1S/C12H20N2O12P2/c1-6(2)25-28(21,22)26-27(19,20)23-5-7-9(16)10(17)11(24-7)14-4-3-8(15)13-12(14)18/h3-4,6-7,9-11,16-17H,5H2,1-2H3,(H,19,20)(H,21,22)(H,13,15,18)/t7-,9+,10+,11-/m1/s1. The van der Waals surface area contributed by atoms with Gasteiger partial charge in [0.15, 0.2) is 6.23 Å². The molecule has 14 nitrogen and oxygen atoms in total. The van der Waals surface area contributed by atoms with Crippen LogP contribution in [0.3, 0.4) is 0 Å². The molecule has 0 radical (unpaired) electrons. The van der Waals surface area contributed by atoms with Crippen LogP contribution in [-0.4, -0.2) is 60.6 Å². The van der Waals surface area contributed by atoms with Crippen molar-refractivity contribution in [2.75, 3.05) is 6.61 Å². The number of aliphatic hydroxyl groups excluding tert-OH is 2. The Labute approximate surface area is 157 Å². The highest BCUT2D eigenvalue weighted by Gasteiger charge is 2.46. The molecule has 0 aliphatic carbocycles. The average molecular weight is 446 g/mol. The number of nitrogens with one attached hydrogen (secondary N) is 1. The maximum Gasteiger partial charge on any atom is 0.481 e. The zero-order valence-corrected chi connectivity index (χ0v) is 16.4. The molecule has 0 aromatic carbocycles. The largest absolute Gasteiger partial charge is 0.481 e. The summed E-state index contributed by atoms with van der Waals surface area (Å²) >= 11 is 0. The number of phosphoric acid groups is 2. The van der Waals surface area contributed by atoms with Gasteiger partial charge in [0.25, 0.3) is 5.56 Å². The van der Waals surface area contributed by atoms with E-state index in [4.69, 9.17) is 4.74 Å². The molecule has 0 amide bonds. The highest BCUT2D eigenvalue weighted by atomic mass is 31.3. The van der Waals surface area contributed by atoms with Crippen molar-refractivity contribution in [3.8, 4) is 0 Å².